The highest BCUT2D eigenvalue weighted by Gasteiger charge is 2.50. The summed E-state index contributed by atoms with van der Waals surface area (Å²) in [4.78, 5) is 12.1. The second kappa shape index (κ2) is 13.9. The maximum atomic E-state index is 6.81. The van der Waals surface area contributed by atoms with Gasteiger partial charge in [0.2, 0.25) is 0 Å². The minimum absolute atomic E-state index is 0.740. The standard InChI is InChI=1S/C52H36N4OSi/c1-4-18-38(19-5-1)55-45-27-11-10-25-43(45)51-46(55)30-32-49-52(51)56(50-28-13-15-34-54-50)47-36-40(57-39-20-16-17-37(35-39)44-26-12-14-33-53-44)29-31-48(47)58(49,41-21-6-2-7-22-41)42-23-8-3-9-24-42/h1-36H. The lowest BCUT2D eigenvalue weighted by molar-refractivity contribution is 0.483. The molecule has 0 saturated carbocycles. The summed E-state index contributed by atoms with van der Waals surface area (Å²) in [5.41, 5.74) is 7.50. The number of ether oxygens (including phenoxy) is 1. The first-order valence-electron chi connectivity index (χ1n) is 19.6. The number of pyridine rings is 2. The van der Waals surface area contributed by atoms with Crippen LogP contribution in [0, 0.1) is 0 Å². The summed E-state index contributed by atoms with van der Waals surface area (Å²) < 4.78 is 9.22. The molecule has 7 aromatic carbocycles. The van der Waals surface area contributed by atoms with E-state index in [0.29, 0.717) is 0 Å². The van der Waals surface area contributed by atoms with Gasteiger partial charge in [-0.3, -0.25) is 9.88 Å². The van der Waals surface area contributed by atoms with Crippen LogP contribution >= 0.6 is 0 Å². The van der Waals surface area contributed by atoms with Crippen molar-refractivity contribution in [2.24, 2.45) is 0 Å². The van der Waals surface area contributed by atoms with Gasteiger partial charge in [-0.05, 0) is 87.5 Å². The first kappa shape index (κ1) is 33.8. The van der Waals surface area contributed by atoms with Gasteiger partial charge in [-0.1, -0.05) is 133 Å². The van der Waals surface area contributed by atoms with E-state index in [4.69, 9.17) is 9.72 Å². The first-order chi connectivity index (χ1) is 28.8. The zero-order valence-electron chi connectivity index (χ0n) is 31.5. The van der Waals surface area contributed by atoms with Crippen molar-refractivity contribution in [3.63, 3.8) is 0 Å². The van der Waals surface area contributed by atoms with E-state index in [-0.39, 0.29) is 0 Å². The second-order valence-corrected chi connectivity index (χ2v) is 18.3. The summed E-state index contributed by atoms with van der Waals surface area (Å²) in [5.74, 6) is 2.32. The summed E-state index contributed by atoms with van der Waals surface area (Å²) in [6, 6.07) is 73.5. The zero-order valence-corrected chi connectivity index (χ0v) is 32.5. The van der Waals surface area contributed by atoms with Gasteiger partial charge in [-0.15, -0.1) is 0 Å². The Bertz CT molecular complexity index is 3040. The fourth-order valence-corrected chi connectivity index (χ4v) is 14.1. The number of benzene rings is 7. The molecule has 4 heterocycles. The highest BCUT2D eigenvalue weighted by atomic mass is 28.3. The molecule has 0 N–H and O–H groups in total. The van der Waals surface area contributed by atoms with Crippen LogP contribution in [0.4, 0.5) is 17.2 Å². The van der Waals surface area contributed by atoms with Crippen LogP contribution in [0.2, 0.25) is 0 Å². The molecule has 0 bridgehead atoms. The van der Waals surface area contributed by atoms with Crippen LogP contribution in [0.25, 0.3) is 38.8 Å². The van der Waals surface area contributed by atoms with Gasteiger partial charge < -0.3 is 9.30 Å². The molecule has 0 spiro atoms. The van der Waals surface area contributed by atoms with Crippen molar-refractivity contribution in [3.05, 3.63) is 219 Å². The fraction of sp³-hybridized carbons (Fsp3) is 0. The molecule has 0 aliphatic carbocycles. The van der Waals surface area contributed by atoms with Gasteiger partial charge in [0, 0.05) is 40.5 Å². The number of nitrogens with zero attached hydrogens (tertiary/aromatic N) is 4. The number of hydrogen-bond donors (Lipinski definition) is 0. The molecule has 274 valence electrons. The molecule has 0 unspecified atom stereocenters. The van der Waals surface area contributed by atoms with Crippen LogP contribution in [-0.4, -0.2) is 22.6 Å². The van der Waals surface area contributed by atoms with Gasteiger partial charge in [0.05, 0.1) is 28.1 Å². The van der Waals surface area contributed by atoms with E-state index in [1.54, 1.807) is 0 Å². The Labute approximate surface area is 337 Å². The lowest BCUT2D eigenvalue weighted by atomic mass is 10.1. The first-order valence-corrected chi connectivity index (χ1v) is 21.6. The molecule has 0 amide bonds. The maximum Gasteiger partial charge on any atom is 0.184 e. The van der Waals surface area contributed by atoms with Crippen LogP contribution < -0.4 is 30.4 Å². The highest BCUT2D eigenvalue weighted by Crippen LogP contribution is 2.46. The predicted molar refractivity (Wildman–Crippen MR) is 240 cm³/mol. The van der Waals surface area contributed by atoms with Gasteiger partial charge in [-0.2, -0.15) is 0 Å². The van der Waals surface area contributed by atoms with E-state index in [9.17, 15) is 0 Å². The van der Waals surface area contributed by atoms with Gasteiger partial charge in [-0.25, -0.2) is 4.98 Å². The maximum absolute atomic E-state index is 6.81. The predicted octanol–water partition coefficient (Wildman–Crippen LogP) is 10.2. The van der Waals surface area contributed by atoms with Gasteiger partial charge in [0.25, 0.3) is 0 Å². The Morgan fingerprint density at radius 1 is 0.466 bits per heavy atom. The molecule has 0 fully saturated rings. The number of rotatable bonds is 7. The number of hydrogen-bond acceptors (Lipinski definition) is 4. The Morgan fingerprint density at radius 2 is 1.12 bits per heavy atom. The Hall–Kier alpha value is -7.54. The van der Waals surface area contributed by atoms with Crippen molar-refractivity contribution in [2.75, 3.05) is 4.90 Å². The molecule has 0 atom stereocenters. The quantitative estimate of drug-likeness (QED) is 0.152. The van der Waals surface area contributed by atoms with E-state index in [1.807, 2.05) is 48.8 Å². The third kappa shape index (κ3) is 5.30. The van der Waals surface area contributed by atoms with E-state index >= 15 is 0 Å². The molecule has 0 saturated heterocycles. The van der Waals surface area contributed by atoms with Crippen LogP contribution in [-0.2, 0) is 0 Å². The van der Waals surface area contributed by atoms with Crippen molar-refractivity contribution < 1.29 is 4.74 Å². The third-order valence-electron chi connectivity index (χ3n) is 11.4. The molecule has 11 rings (SSSR count). The Morgan fingerprint density at radius 3 is 1.84 bits per heavy atom. The zero-order chi connectivity index (χ0) is 38.5. The molecule has 58 heavy (non-hydrogen) atoms. The molecule has 5 nitrogen and oxygen atoms in total. The summed E-state index contributed by atoms with van der Waals surface area (Å²) in [6.45, 7) is 0. The van der Waals surface area contributed by atoms with Crippen molar-refractivity contribution >= 4 is 67.8 Å². The normalized spacial score (nSPS) is 12.9. The molecule has 10 aromatic rings. The monoisotopic (exact) mass is 760 g/mol. The molecule has 1 aliphatic rings. The van der Waals surface area contributed by atoms with Crippen molar-refractivity contribution in [1.82, 2.24) is 14.5 Å². The van der Waals surface area contributed by atoms with E-state index in [0.717, 1.165) is 56.7 Å². The van der Waals surface area contributed by atoms with Crippen molar-refractivity contribution in [3.8, 4) is 28.4 Å². The lowest BCUT2D eigenvalue weighted by Gasteiger charge is -2.45. The van der Waals surface area contributed by atoms with Gasteiger partial charge >= 0.3 is 0 Å². The SMILES string of the molecule is c1ccc(-n2c3ccccc3c3c4c(ccc32)[Si](c2ccccc2)(c2ccccc2)c2ccc(Oc3cccc(-c5ccccn5)c3)cc2N4c2ccccn2)cc1. The summed E-state index contributed by atoms with van der Waals surface area (Å²) >= 11 is 0. The van der Waals surface area contributed by atoms with Crippen LogP contribution in [0.5, 0.6) is 11.5 Å². The molecule has 0 radical (unpaired) electrons. The number of fused-ring (bicyclic) bond motifs is 6. The van der Waals surface area contributed by atoms with Gasteiger partial charge in [0.15, 0.2) is 8.07 Å². The molecule has 6 heteroatoms. The largest absolute Gasteiger partial charge is 0.457 e. The molecule has 1 aliphatic heterocycles. The lowest BCUT2D eigenvalue weighted by Crippen LogP contribution is -2.77. The van der Waals surface area contributed by atoms with Crippen LogP contribution in [0.15, 0.2) is 219 Å². The van der Waals surface area contributed by atoms with E-state index < -0.39 is 8.07 Å². The smallest absolute Gasteiger partial charge is 0.184 e. The molecular weight excluding hydrogens is 725 g/mol. The summed E-state index contributed by atoms with van der Waals surface area (Å²) in [6.07, 6.45) is 3.71. The Kier molecular flexibility index (Phi) is 8.08. The molecule has 3 aromatic heterocycles. The van der Waals surface area contributed by atoms with E-state index in [1.165, 1.54) is 31.5 Å². The van der Waals surface area contributed by atoms with Crippen molar-refractivity contribution in [1.29, 1.82) is 0 Å². The third-order valence-corrected chi connectivity index (χ3v) is 16.2. The number of para-hydroxylation sites is 2. The highest BCUT2D eigenvalue weighted by molar-refractivity contribution is 7.21. The summed E-state index contributed by atoms with van der Waals surface area (Å²) in [7, 11) is -3.04. The summed E-state index contributed by atoms with van der Waals surface area (Å²) in [5, 5.41) is 7.57. The number of aromatic nitrogens is 3. The minimum atomic E-state index is -3.04. The van der Waals surface area contributed by atoms with Crippen molar-refractivity contribution in [2.45, 2.75) is 0 Å². The van der Waals surface area contributed by atoms with Gasteiger partial charge in [0.1, 0.15) is 17.3 Å². The topological polar surface area (TPSA) is 43.2 Å². The number of anilines is 3. The Balaban J connectivity index is 1.25. The van der Waals surface area contributed by atoms with Crippen LogP contribution in [0.3, 0.4) is 0 Å². The fourth-order valence-electron chi connectivity index (χ4n) is 9.05. The van der Waals surface area contributed by atoms with Crippen LogP contribution in [0.1, 0.15) is 0 Å². The molecular formula is C52H36N4OSi. The average molecular weight is 761 g/mol. The minimum Gasteiger partial charge on any atom is -0.457 e. The second-order valence-electron chi connectivity index (χ2n) is 14.6. The average Bonchev–Trinajstić information content (AvgIpc) is 3.64. The van der Waals surface area contributed by atoms with E-state index in [2.05, 4.69) is 184 Å².